The molecule has 0 aliphatic carbocycles. The van der Waals surface area contributed by atoms with Crippen LogP contribution in [-0.2, 0) is 6.42 Å². The molecule has 1 saturated heterocycles. The molecule has 94 valence electrons. The van der Waals surface area contributed by atoms with Gasteiger partial charge in [0, 0.05) is 25.5 Å². The molecule has 0 amide bonds. The topological polar surface area (TPSA) is 55.0 Å². The molecular formula is C13H22N4. The molecule has 0 aromatic carbocycles. The van der Waals surface area contributed by atoms with Crippen LogP contribution in [0.4, 0.5) is 5.95 Å². The average molecular weight is 234 g/mol. The SMILES string of the molecule is CCCC1CCN(c2ncc(CCN)cn2)C1. The largest absolute Gasteiger partial charge is 0.341 e. The highest BCUT2D eigenvalue weighted by Crippen LogP contribution is 2.23. The Morgan fingerprint density at radius 2 is 2.18 bits per heavy atom. The Balaban J connectivity index is 1.94. The molecule has 2 heterocycles. The Labute approximate surface area is 103 Å². The molecule has 4 heteroatoms. The molecule has 2 N–H and O–H groups in total. The average Bonchev–Trinajstić information content (AvgIpc) is 2.80. The van der Waals surface area contributed by atoms with Gasteiger partial charge in [-0.2, -0.15) is 0 Å². The Hall–Kier alpha value is -1.16. The van der Waals surface area contributed by atoms with Gasteiger partial charge in [-0.1, -0.05) is 13.3 Å². The highest BCUT2D eigenvalue weighted by Gasteiger charge is 2.23. The number of rotatable bonds is 5. The van der Waals surface area contributed by atoms with Gasteiger partial charge in [0.2, 0.25) is 5.95 Å². The summed E-state index contributed by atoms with van der Waals surface area (Å²) in [5.74, 6) is 1.71. The molecule has 0 radical (unpaired) electrons. The third-order valence-electron chi connectivity index (χ3n) is 3.39. The van der Waals surface area contributed by atoms with Crippen LogP contribution in [0, 0.1) is 5.92 Å². The van der Waals surface area contributed by atoms with E-state index < -0.39 is 0 Å². The van der Waals surface area contributed by atoms with E-state index in [4.69, 9.17) is 5.73 Å². The summed E-state index contributed by atoms with van der Waals surface area (Å²) in [6, 6.07) is 0. The van der Waals surface area contributed by atoms with Crippen molar-refractivity contribution in [3.63, 3.8) is 0 Å². The molecule has 2 rings (SSSR count). The van der Waals surface area contributed by atoms with Crippen LogP contribution in [0.3, 0.4) is 0 Å². The Kier molecular flexibility index (Phi) is 4.31. The maximum Gasteiger partial charge on any atom is 0.225 e. The Morgan fingerprint density at radius 3 is 2.82 bits per heavy atom. The second-order valence-corrected chi connectivity index (χ2v) is 4.82. The smallest absolute Gasteiger partial charge is 0.225 e. The first-order valence-corrected chi connectivity index (χ1v) is 6.59. The molecule has 0 bridgehead atoms. The molecular weight excluding hydrogens is 212 g/mol. The fourth-order valence-corrected chi connectivity index (χ4v) is 2.47. The van der Waals surface area contributed by atoms with E-state index in [0.29, 0.717) is 6.54 Å². The maximum atomic E-state index is 5.51. The van der Waals surface area contributed by atoms with Crippen LogP contribution in [0.2, 0.25) is 0 Å². The van der Waals surface area contributed by atoms with Crippen molar-refractivity contribution in [1.29, 1.82) is 0 Å². The predicted octanol–water partition coefficient (Wildman–Crippen LogP) is 1.60. The number of hydrogen-bond donors (Lipinski definition) is 1. The lowest BCUT2D eigenvalue weighted by Crippen LogP contribution is -2.22. The molecule has 1 aliphatic heterocycles. The Bertz CT molecular complexity index is 336. The number of nitrogens with two attached hydrogens (primary N) is 1. The van der Waals surface area contributed by atoms with Crippen LogP contribution in [0.1, 0.15) is 31.7 Å². The van der Waals surface area contributed by atoms with E-state index in [1.54, 1.807) is 0 Å². The van der Waals surface area contributed by atoms with Crippen LogP contribution in [0.25, 0.3) is 0 Å². The molecule has 1 aromatic rings. The summed E-state index contributed by atoms with van der Waals surface area (Å²) >= 11 is 0. The fourth-order valence-electron chi connectivity index (χ4n) is 2.47. The molecule has 0 spiro atoms. The second kappa shape index (κ2) is 5.96. The molecule has 1 aliphatic rings. The summed E-state index contributed by atoms with van der Waals surface area (Å²) in [7, 11) is 0. The quantitative estimate of drug-likeness (QED) is 0.841. The highest BCUT2D eigenvalue weighted by molar-refractivity contribution is 5.31. The third-order valence-corrected chi connectivity index (χ3v) is 3.39. The predicted molar refractivity (Wildman–Crippen MR) is 70.0 cm³/mol. The summed E-state index contributed by atoms with van der Waals surface area (Å²) in [4.78, 5) is 11.2. The minimum absolute atomic E-state index is 0.658. The molecule has 1 unspecified atom stereocenters. The minimum atomic E-state index is 0.658. The second-order valence-electron chi connectivity index (χ2n) is 4.82. The first-order valence-electron chi connectivity index (χ1n) is 6.59. The normalized spacial score (nSPS) is 19.9. The zero-order chi connectivity index (χ0) is 12.1. The van der Waals surface area contributed by atoms with Gasteiger partial charge in [-0.3, -0.25) is 0 Å². The monoisotopic (exact) mass is 234 g/mol. The summed E-state index contributed by atoms with van der Waals surface area (Å²) in [6.07, 6.45) is 8.54. The van der Waals surface area contributed by atoms with Crippen molar-refractivity contribution < 1.29 is 0 Å². The van der Waals surface area contributed by atoms with Crippen molar-refractivity contribution >= 4 is 5.95 Å². The van der Waals surface area contributed by atoms with Crippen LogP contribution >= 0.6 is 0 Å². The van der Waals surface area contributed by atoms with E-state index in [2.05, 4.69) is 21.8 Å². The van der Waals surface area contributed by atoms with Gasteiger partial charge in [-0.05, 0) is 37.3 Å². The first-order chi connectivity index (χ1) is 8.33. The summed E-state index contributed by atoms with van der Waals surface area (Å²) in [5.41, 5.74) is 6.63. The van der Waals surface area contributed by atoms with Gasteiger partial charge in [-0.15, -0.1) is 0 Å². The van der Waals surface area contributed by atoms with Crippen molar-refractivity contribution in [2.45, 2.75) is 32.6 Å². The first kappa shape index (κ1) is 12.3. The van der Waals surface area contributed by atoms with E-state index in [0.717, 1.165) is 36.9 Å². The van der Waals surface area contributed by atoms with Gasteiger partial charge in [-0.25, -0.2) is 9.97 Å². The van der Waals surface area contributed by atoms with Gasteiger partial charge in [0.05, 0.1) is 0 Å². The fraction of sp³-hybridized carbons (Fsp3) is 0.692. The van der Waals surface area contributed by atoms with Crippen molar-refractivity contribution in [3.05, 3.63) is 18.0 Å². The zero-order valence-corrected chi connectivity index (χ0v) is 10.6. The molecule has 1 atom stereocenters. The molecule has 17 heavy (non-hydrogen) atoms. The standard InChI is InChI=1S/C13H22N4/c1-2-3-11-5-7-17(10-11)13-15-8-12(4-6-14)9-16-13/h8-9,11H,2-7,10,14H2,1H3. The van der Waals surface area contributed by atoms with E-state index in [1.165, 1.54) is 19.3 Å². The maximum absolute atomic E-state index is 5.51. The van der Waals surface area contributed by atoms with Gasteiger partial charge in [0.15, 0.2) is 0 Å². The molecule has 1 aromatic heterocycles. The molecule has 0 saturated carbocycles. The lowest BCUT2D eigenvalue weighted by atomic mass is 10.0. The zero-order valence-electron chi connectivity index (χ0n) is 10.6. The van der Waals surface area contributed by atoms with E-state index in [9.17, 15) is 0 Å². The van der Waals surface area contributed by atoms with Crippen molar-refractivity contribution in [1.82, 2.24) is 9.97 Å². The van der Waals surface area contributed by atoms with Crippen LogP contribution in [-0.4, -0.2) is 29.6 Å². The van der Waals surface area contributed by atoms with E-state index in [1.807, 2.05) is 12.4 Å². The summed E-state index contributed by atoms with van der Waals surface area (Å²) in [5, 5.41) is 0. The third kappa shape index (κ3) is 3.16. The lowest BCUT2D eigenvalue weighted by molar-refractivity contribution is 0.529. The number of nitrogens with zero attached hydrogens (tertiary/aromatic N) is 3. The lowest BCUT2D eigenvalue weighted by Gasteiger charge is -2.16. The Morgan fingerprint density at radius 1 is 1.41 bits per heavy atom. The summed E-state index contributed by atoms with van der Waals surface area (Å²) < 4.78 is 0. The van der Waals surface area contributed by atoms with Crippen molar-refractivity contribution in [2.75, 3.05) is 24.5 Å². The van der Waals surface area contributed by atoms with Gasteiger partial charge < -0.3 is 10.6 Å². The van der Waals surface area contributed by atoms with Crippen molar-refractivity contribution in [3.8, 4) is 0 Å². The van der Waals surface area contributed by atoms with Gasteiger partial charge in [0.25, 0.3) is 0 Å². The number of anilines is 1. The van der Waals surface area contributed by atoms with Gasteiger partial charge in [0.1, 0.15) is 0 Å². The number of aromatic nitrogens is 2. The van der Waals surface area contributed by atoms with Crippen molar-refractivity contribution in [2.24, 2.45) is 11.7 Å². The molecule has 4 nitrogen and oxygen atoms in total. The van der Waals surface area contributed by atoms with Crippen LogP contribution in [0.15, 0.2) is 12.4 Å². The van der Waals surface area contributed by atoms with Crippen LogP contribution < -0.4 is 10.6 Å². The van der Waals surface area contributed by atoms with Crippen LogP contribution in [0.5, 0.6) is 0 Å². The minimum Gasteiger partial charge on any atom is -0.341 e. The molecule has 1 fully saturated rings. The van der Waals surface area contributed by atoms with E-state index in [-0.39, 0.29) is 0 Å². The summed E-state index contributed by atoms with van der Waals surface area (Å²) in [6.45, 7) is 5.12. The number of hydrogen-bond acceptors (Lipinski definition) is 4. The van der Waals surface area contributed by atoms with E-state index >= 15 is 0 Å². The van der Waals surface area contributed by atoms with Gasteiger partial charge >= 0.3 is 0 Å². The highest BCUT2D eigenvalue weighted by atomic mass is 15.3.